The maximum absolute atomic E-state index is 13.7. The Morgan fingerprint density at radius 1 is 1.32 bits per heavy atom. The Kier molecular flexibility index (Phi) is 3.98. The van der Waals surface area contributed by atoms with Gasteiger partial charge in [0, 0.05) is 5.02 Å². The highest BCUT2D eigenvalue weighted by molar-refractivity contribution is 6.30. The van der Waals surface area contributed by atoms with Crippen LogP contribution in [-0.4, -0.2) is 17.1 Å². The van der Waals surface area contributed by atoms with E-state index in [9.17, 15) is 4.39 Å². The van der Waals surface area contributed by atoms with Gasteiger partial charge in [0.1, 0.15) is 12.1 Å². The van der Waals surface area contributed by atoms with E-state index in [-0.39, 0.29) is 23.1 Å². The average Bonchev–Trinajstić information content (AvgIpc) is 2.41. The summed E-state index contributed by atoms with van der Waals surface area (Å²) in [7, 11) is 1.43. The lowest BCUT2D eigenvalue weighted by Gasteiger charge is -2.13. The minimum absolute atomic E-state index is 0.212. The van der Waals surface area contributed by atoms with Crippen LogP contribution in [0.1, 0.15) is 0 Å². The zero-order valence-corrected chi connectivity index (χ0v) is 10.7. The molecule has 19 heavy (non-hydrogen) atoms. The van der Waals surface area contributed by atoms with Crippen LogP contribution in [-0.2, 0) is 0 Å². The number of hydrazine groups is 1. The third-order valence-corrected chi connectivity index (χ3v) is 2.56. The number of nitrogen functional groups attached to an aromatic ring is 1. The van der Waals surface area contributed by atoms with E-state index in [0.29, 0.717) is 5.02 Å². The van der Waals surface area contributed by atoms with Crippen LogP contribution in [0.5, 0.6) is 5.75 Å². The van der Waals surface area contributed by atoms with E-state index in [1.54, 1.807) is 6.07 Å². The number of anilines is 3. The maximum atomic E-state index is 13.7. The second-order valence-corrected chi connectivity index (χ2v) is 3.93. The van der Waals surface area contributed by atoms with E-state index in [4.69, 9.17) is 22.2 Å². The van der Waals surface area contributed by atoms with Crippen LogP contribution in [0.25, 0.3) is 0 Å². The number of hydrogen-bond donors (Lipinski definition) is 3. The molecule has 0 spiro atoms. The quantitative estimate of drug-likeness (QED) is 0.590. The Hall–Kier alpha value is -2.12. The number of ether oxygens (including phenoxy) is 1. The molecule has 0 saturated carbocycles. The van der Waals surface area contributed by atoms with Crippen molar-refractivity contribution in [1.29, 1.82) is 0 Å². The molecule has 2 aromatic rings. The molecule has 8 heteroatoms. The van der Waals surface area contributed by atoms with Crippen LogP contribution in [0.3, 0.4) is 0 Å². The molecule has 0 atom stereocenters. The van der Waals surface area contributed by atoms with Gasteiger partial charge in [-0.05, 0) is 18.2 Å². The van der Waals surface area contributed by atoms with Crippen molar-refractivity contribution < 1.29 is 9.13 Å². The molecular weight excluding hydrogens is 273 g/mol. The number of benzene rings is 1. The zero-order valence-electron chi connectivity index (χ0n) is 9.95. The number of rotatable bonds is 4. The van der Waals surface area contributed by atoms with Crippen molar-refractivity contribution in [2.75, 3.05) is 17.9 Å². The van der Waals surface area contributed by atoms with Crippen LogP contribution >= 0.6 is 11.6 Å². The second-order valence-electron chi connectivity index (χ2n) is 3.50. The van der Waals surface area contributed by atoms with Gasteiger partial charge in [0.25, 0.3) is 0 Å². The van der Waals surface area contributed by atoms with Crippen molar-refractivity contribution >= 4 is 28.9 Å². The first-order valence-electron chi connectivity index (χ1n) is 5.23. The van der Waals surface area contributed by atoms with Crippen molar-refractivity contribution in [2.45, 2.75) is 0 Å². The van der Waals surface area contributed by atoms with E-state index < -0.39 is 5.82 Å². The summed E-state index contributed by atoms with van der Waals surface area (Å²) in [5.74, 6) is 5.64. The fraction of sp³-hybridized carbons (Fsp3) is 0.0909. The molecule has 1 aromatic heterocycles. The van der Waals surface area contributed by atoms with Gasteiger partial charge in [-0.25, -0.2) is 20.2 Å². The maximum Gasteiger partial charge on any atom is 0.205 e. The number of nitrogens with zero attached hydrogens (tertiary/aromatic N) is 2. The number of hydrogen-bond acceptors (Lipinski definition) is 6. The van der Waals surface area contributed by atoms with Gasteiger partial charge in [0.2, 0.25) is 5.75 Å². The smallest absolute Gasteiger partial charge is 0.205 e. The van der Waals surface area contributed by atoms with Gasteiger partial charge in [0.05, 0.1) is 12.8 Å². The Morgan fingerprint density at radius 2 is 2.05 bits per heavy atom. The van der Waals surface area contributed by atoms with Crippen LogP contribution < -0.4 is 21.3 Å². The average molecular weight is 284 g/mol. The lowest BCUT2D eigenvalue weighted by atomic mass is 10.3. The number of nitrogens with one attached hydrogen (secondary N) is 2. The summed E-state index contributed by atoms with van der Waals surface area (Å²) in [5.41, 5.74) is 2.58. The predicted octanol–water partition coefficient (Wildman–Crippen LogP) is 2.31. The summed E-state index contributed by atoms with van der Waals surface area (Å²) in [6, 6.07) is 4.25. The summed E-state index contributed by atoms with van der Waals surface area (Å²) in [6.07, 6.45) is 1.27. The van der Waals surface area contributed by atoms with Crippen LogP contribution in [0, 0.1) is 5.82 Å². The standard InChI is InChI=1S/C11H11ClFN5O/c1-19-9-10(15-5-16-11(9)18-14)17-8-3-2-6(12)4-7(8)13/h2-5H,14H2,1H3,(H2,15,16,17,18). The Morgan fingerprint density at radius 3 is 2.68 bits per heavy atom. The van der Waals surface area contributed by atoms with Gasteiger partial charge in [-0.2, -0.15) is 0 Å². The molecule has 0 fully saturated rings. The molecule has 1 aromatic carbocycles. The molecular formula is C11H11ClFN5O. The summed E-state index contributed by atoms with van der Waals surface area (Å²) < 4.78 is 18.8. The van der Waals surface area contributed by atoms with Crippen molar-refractivity contribution in [1.82, 2.24) is 9.97 Å². The summed E-state index contributed by atoms with van der Waals surface area (Å²) in [4.78, 5) is 7.85. The lowest BCUT2D eigenvalue weighted by molar-refractivity contribution is 0.415. The van der Waals surface area contributed by atoms with Crippen LogP contribution in [0.2, 0.25) is 5.02 Å². The van der Waals surface area contributed by atoms with Crippen LogP contribution in [0.15, 0.2) is 24.5 Å². The molecule has 0 saturated heterocycles. The molecule has 0 amide bonds. The van der Waals surface area contributed by atoms with Gasteiger partial charge in [0.15, 0.2) is 11.6 Å². The largest absolute Gasteiger partial charge is 0.490 e. The molecule has 0 radical (unpaired) electrons. The monoisotopic (exact) mass is 283 g/mol. The molecule has 2 rings (SSSR count). The minimum atomic E-state index is -0.504. The van der Waals surface area contributed by atoms with Crippen molar-refractivity contribution in [3.63, 3.8) is 0 Å². The zero-order chi connectivity index (χ0) is 13.8. The van der Waals surface area contributed by atoms with Gasteiger partial charge < -0.3 is 15.5 Å². The molecule has 0 bridgehead atoms. The fourth-order valence-corrected chi connectivity index (χ4v) is 1.64. The fourth-order valence-electron chi connectivity index (χ4n) is 1.48. The van der Waals surface area contributed by atoms with Crippen molar-refractivity contribution in [3.05, 3.63) is 35.4 Å². The first-order valence-corrected chi connectivity index (χ1v) is 5.61. The lowest BCUT2D eigenvalue weighted by Crippen LogP contribution is -2.11. The van der Waals surface area contributed by atoms with Crippen molar-refractivity contribution in [3.8, 4) is 5.75 Å². The molecule has 1 heterocycles. The predicted molar refractivity (Wildman–Crippen MR) is 71.1 cm³/mol. The van der Waals surface area contributed by atoms with E-state index in [2.05, 4.69) is 20.7 Å². The van der Waals surface area contributed by atoms with Gasteiger partial charge in [-0.15, -0.1) is 0 Å². The normalized spacial score (nSPS) is 10.1. The van der Waals surface area contributed by atoms with E-state index >= 15 is 0 Å². The first-order chi connectivity index (χ1) is 9.15. The van der Waals surface area contributed by atoms with Crippen LogP contribution in [0.4, 0.5) is 21.7 Å². The third-order valence-electron chi connectivity index (χ3n) is 2.33. The third kappa shape index (κ3) is 2.83. The molecule has 0 aliphatic heterocycles. The van der Waals surface area contributed by atoms with E-state index in [1.807, 2.05) is 0 Å². The summed E-state index contributed by atoms with van der Waals surface area (Å²) >= 11 is 5.68. The number of methoxy groups -OCH3 is 1. The SMILES string of the molecule is COc1c(NN)ncnc1Nc1ccc(Cl)cc1F. The Balaban J connectivity index is 2.37. The van der Waals surface area contributed by atoms with E-state index in [0.717, 1.165) is 0 Å². The summed E-state index contributed by atoms with van der Waals surface area (Å²) in [5, 5.41) is 3.10. The van der Waals surface area contributed by atoms with E-state index in [1.165, 1.54) is 25.6 Å². The van der Waals surface area contributed by atoms with Gasteiger partial charge in [-0.1, -0.05) is 11.6 Å². The number of halogens is 2. The molecule has 0 aliphatic carbocycles. The number of aromatic nitrogens is 2. The van der Waals surface area contributed by atoms with Crippen molar-refractivity contribution in [2.24, 2.45) is 5.84 Å². The Bertz CT molecular complexity index is 595. The highest BCUT2D eigenvalue weighted by Gasteiger charge is 2.13. The van der Waals surface area contributed by atoms with Gasteiger partial charge >= 0.3 is 0 Å². The Labute approximate surface area is 113 Å². The molecule has 4 N–H and O–H groups in total. The highest BCUT2D eigenvalue weighted by Crippen LogP contribution is 2.31. The van der Waals surface area contributed by atoms with Gasteiger partial charge in [-0.3, -0.25) is 0 Å². The molecule has 6 nitrogen and oxygen atoms in total. The topological polar surface area (TPSA) is 85.1 Å². The molecule has 0 unspecified atom stereocenters. The molecule has 100 valence electrons. The summed E-state index contributed by atoms with van der Waals surface area (Å²) in [6.45, 7) is 0. The molecule has 0 aliphatic rings. The minimum Gasteiger partial charge on any atom is -0.490 e. The number of nitrogens with two attached hydrogens (primary N) is 1. The highest BCUT2D eigenvalue weighted by atomic mass is 35.5. The second kappa shape index (κ2) is 5.68. The first kappa shape index (κ1) is 13.3.